The second-order valence-corrected chi connectivity index (χ2v) is 4.38. The number of H-pyrrole nitrogens is 1. The summed E-state index contributed by atoms with van der Waals surface area (Å²) in [6, 6.07) is 3.59. The van der Waals surface area contributed by atoms with Gasteiger partial charge in [0.2, 0.25) is 0 Å². The third kappa shape index (κ3) is 2.18. The molecule has 2 rings (SSSR count). The Hall–Kier alpha value is -1.40. The number of fused-ring (bicyclic) bond motifs is 1. The van der Waals surface area contributed by atoms with Gasteiger partial charge in [0.05, 0.1) is 17.7 Å². The van der Waals surface area contributed by atoms with Crippen LogP contribution in [0, 0.1) is 0 Å². The van der Waals surface area contributed by atoms with E-state index in [9.17, 15) is 4.79 Å². The van der Waals surface area contributed by atoms with E-state index in [0.29, 0.717) is 28.8 Å². The molecule has 0 aliphatic carbocycles. The maximum Gasteiger partial charge on any atom is 0.275 e. The van der Waals surface area contributed by atoms with Crippen molar-refractivity contribution in [1.29, 1.82) is 0 Å². The maximum atomic E-state index is 11.8. The average molecular weight is 298 g/mol. The second kappa shape index (κ2) is 4.85. The van der Waals surface area contributed by atoms with Crippen LogP contribution in [0.3, 0.4) is 0 Å². The highest BCUT2D eigenvalue weighted by Crippen LogP contribution is 2.28. The minimum atomic E-state index is -0.270. The molecular formula is C11H12BrN3O2. The van der Waals surface area contributed by atoms with Gasteiger partial charge in [0.25, 0.3) is 5.56 Å². The molecule has 0 bridgehead atoms. The molecule has 2 aromatic rings. The normalized spacial score (nSPS) is 10.8. The first kappa shape index (κ1) is 12.1. The van der Waals surface area contributed by atoms with Crippen molar-refractivity contribution >= 4 is 26.7 Å². The van der Waals surface area contributed by atoms with Crippen molar-refractivity contribution in [1.82, 2.24) is 10.2 Å². The molecule has 90 valence electrons. The first-order valence-corrected chi connectivity index (χ1v) is 6.00. The number of hydrogen-bond donors (Lipinski definition) is 2. The number of ether oxygens (including phenoxy) is 1. The van der Waals surface area contributed by atoms with Gasteiger partial charge in [0.1, 0.15) is 5.75 Å². The van der Waals surface area contributed by atoms with E-state index in [2.05, 4.69) is 26.1 Å². The van der Waals surface area contributed by atoms with Crippen molar-refractivity contribution in [3.05, 3.63) is 32.7 Å². The van der Waals surface area contributed by atoms with Gasteiger partial charge < -0.3 is 10.5 Å². The zero-order valence-corrected chi connectivity index (χ0v) is 10.9. The second-order valence-electron chi connectivity index (χ2n) is 3.46. The van der Waals surface area contributed by atoms with Crippen molar-refractivity contribution in [2.75, 3.05) is 6.61 Å². The summed E-state index contributed by atoms with van der Waals surface area (Å²) in [7, 11) is 0. The van der Waals surface area contributed by atoms with Crippen LogP contribution in [0.25, 0.3) is 10.8 Å². The summed E-state index contributed by atoms with van der Waals surface area (Å²) in [5.41, 5.74) is 5.97. The Labute approximate surface area is 106 Å². The molecule has 0 aliphatic heterocycles. The van der Waals surface area contributed by atoms with Crippen LogP contribution >= 0.6 is 15.9 Å². The Kier molecular flexibility index (Phi) is 3.44. The van der Waals surface area contributed by atoms with Crippen LogP contribution in [0.4, 0.5) is 0 Å². The average Bonchev–Trinajstić information content (AvgIpc) is 2.29. The molecule has 17 heavy (non-hydrogen) atoms. The van der Waals surface area contributed by atoms with Crippen LogP contribution in [0.5, 0.6) is 5.75 Å². The standard InChI is InChI=1S/C11H12BrN3O2/c1-2-17-9-4-6(12)3-7-8(5-13)14-15-11(16)10(7)9/h3-4H,2,5,13H2,1H3,(H,15,16). The summed E-state index contributed by atoms with van der Waals surface area (Å²) < 4.78 is 6.29. The lowest BCUT2D eigenvalue weighted by Gasteiger charge is -2.09. The number of aromatic amines is 1. The molecule has 6 heteroatoms. The molecule has 0 aliphatic rings. The fraction of sp³-hybridized carbons (Fsp3) is 0.273. The zero-order chi connectivity index (χ0) is 12.4. The van der Waals surface area contributed by atoms with Gasteiger partial charge in [-0.15, -0.1) is 0 Å². The lowest BCUT2D eigenvalue weighted by atomic mass is 10.1. The minimum Gasteiger partial charge on any atom is -0.493 e. The van der Waals surface area contributed by atoms with Crippen LogP contribution in [0.1, 0.15) is 12.6 Å². The predicted octanol–water partition coefficient (Wildman–Crippen LogP) is 1.54. The molecule has 0 atom stereocenters. The fourth-order valence-electron chi connectivity index (χ4n) is 1.70. The van der Waals surface area contributed by atoms with Gasteiger partial charge in [0.15, 0.2) is 0 Å². The van der Waals surface area contributed by atoms with Crippen molar-refractivity contribution in [3.8, 4) is 5.75 Å². The summed E-state index contributed by atoms with van der Waals surface area (Å²) in [5.74, 6) is 0.537. The van der Waals surface area contributed by atoms with Gasteiger partial charge in [-0.25, -0.2) is 5.10 Å². The van der Waals surface area contributed by atoms with E-state index in [4.69, 9.17) is 10.5 Å². The van der Waals surface area contributed by atoms with Crippen LogP contribution in [-0.4, -0.2) is 16.8 Å². The van der Waals surface area contributed by atoms with E-state index in [-0.39, 0.29) is 12.1 Å². The van der Waals surface area contributed by atoms with Crippen LogP contribution in [0.15, 0.2) is 21.4 Å². The van der Waals surface area contributed by atoms with Gasteiger partial charge >= 0.3 is 0 Å². The number of nitrogens with one attached hydrogen (secondary N) is 1. The number of nitrogens with two attached hydrogens (primary N) is 1. The Morgan fingerprint density at radius 2 is 2.29 bits per heavy atom. The van der Waals surface area contributed by atoms with Crippen LogP contribution in [-0.2, 0) is 6.54 Å². The van der Waals surface area contributed by atoms with E-state index in [0.717, 1.165) is 4.47 Å². The van der Waals surface area contributed by atoms with Crippen molar-refractivity contribution < 1.29 is 4.74 Å². The molecule has 0 amide bonds. The third-order valence-corrected chi connectivity index (χ3v) is 2.85. The third-order valence-electron chi connectivity index (χ3n) is 2.39. The van der Waals surface area contributed by atoms with E-state index >= 15 is 0 Å². The molecule has 1 aromatic heterocycles. The summed E-state index contributed by atoms with van der Waals surface area (Å²) in [6.45, 7) is 2.62. The lowest BCUT2D eigenvalue weighted by Crippen LogP contribution is -2.14. The van der Waals surface area contributed by atoms with Gasteiger partial charge in [-0.2, -0.15) is 5.10 Å². The smallest absolute Gasteiger partial charge is 0.275 e. The molecule has 0 saturated carbocycles. The fourth-order valence-corrected chi connectivity index (χ4v) is 2.14. The number of benzene rings is 1. The van der Waals surface area contributed by atoms with E-state index < -0.39 is 0 Å². The summed E-state index contributed by atoms with van der Waals surface area (Å²) in [6.07, 6.45) is 0. The number of hydrogen-bond acceptors (Lipinski definition) is 4. The molecule has 0 fully saturated rings. The molecule has 5 nitrogen and oxygen atoms in total. The topological polar surface area (TPSA) is 81.0 Å². The quantitative estimate of drug-likeness (QED) is 0.900. The minimum absolute atomic E-state index is 0.259. The van der Waals surface area contributed by atoms with Crippen LogP contribution < -0.4 is 16.0 Å². The van der Waals surface area contributed by atoms with Crippen molar-refractivity contribution in [2.24, 2.45) is 5.73 Å². The largest absolute Gasteiger partial charge is 0.493 e. The number of rotatable bonds is 3. The first-order valence-electron chi connectivity index (χ1n) is 5.21. The van der Waals surface area contributed by atoms with Gasteiger partial charge in [-0.1, -0.05) is 15.9 Å². The maximum absolute atomic E-state index is 11.8. The predicted molar refractivity (Wildman–Crippen MR) is 69.1 cm³/mol. The molecule has 0 unspecified atom stereocenters. The van der Waals surface area contributed by atoms with Gasteiger partial charge in [-0.05, 0) is 19.1 Å². The first-order chi connectivity index (χ1) is 8.17. The van der Waals surface area contributed by atoms with E-state index in [1.807, 2.05) is 13.0 Å². The molecule has 1 heterocycles. The molecule has 0 radical (unpaired) electrons. The summed E-state index contributed by atoms with van der Waals surface area (Å²) in [5, 5.41) is 7.57. The highest BCUT2D eigenvalue weighted by atomic mass is 79.9. The lowest BCUT2D eigenvalue weighted by molar-refractivity contribution is 0.344. The number of halogens is 1. The monoisotopic (exact) mass is 297 g/mol. The van der Waals surface area contributed by atoms with Gasteiger partial charge in [-0.3, -0.25) is 4.79 Å². The number of aromatic nitrogens is 2. The highest BCUT2D eigenvalue weighted by molar-refractivity contribution is 9.10. The Balaban J connectivity index is 2.86. The molecule has 0 spiro atoms. The molecule has 3 N–H and O–H groups in total. The zero-order valence-electron chi connectivity index (χ0n) is 9.29. The number of nitrogens with zero attached hydrogens (tertiary/aromatic N) is 1. The van der Waals surface area contributed by atoms with Crippen molar-refractivity contribution in [2.45, 2.75) is 13.5 Å². The van der Waals surface area contributed by atoms with E-state index in [1.165, 1.54) is 0 Å². The van der Waals surface area contributed by atoms with Crippen molar-refractivity contribution in [3.63, 3.8) is 0 Å². The highest BCUT2D eigenvalue weighted by Gasteiger charge is 2.12. The SMILES string of the molecule is CCOc1cc(Br)cc2c(CN)n[nH]c(=O)c12. The molecular weight excluding hydrogens is 286 g/mol. The molecule has 0 saturated heterocycles. The Bertz CT molecular complexity index is 609. The summed E-state index contributed by atoms with van der Waals surface area (Å²) >= 11 is 3.38. The van der Waals surface area contributed by atoms with Gasteiger partial charge in [0, 0.05) is 16.4 Å². The van der Waals surface area contributed by atoms with E-state index in [1.54, 1.807) is 6.07 Å². The molecule has 1 aromatic carbocycles. The Morgan fingerprint density at radius 3 is 2.94 bits per heavy atom. The van der Waals surface area contributed by atoms with Crippen LogP contribution in [0.2, 0.25) is 0 Å². The Morgan fingerprint density at radius 1 is 1.53 bits per heavy atom. The summed E-state index contributed by atoms with van der Waals surface area (Å²) in [4.78, 5) is 11.8.